The Kier molecular flexibility index (Phi) is 12.7. The highest BCUT2D eigenvalue weighted by atomic mass is 15.4. The maximum Gasteiger partial charge on any atom is 0.137 e. The molecule has 3 nitrogen and oxygen atoms in total. The highest BCUT2D eigenvalue weighted by Crippen LogP contribution is 2.30. The van der Waals surface area contributed by atoms with Crippen LogP contribution in [0, 0.1) is 0 Å². The van der Waals surface area contributed by atoms with Gasteiger partial charge in [0.2, 0.25) is 0 Å². The minimum absolute atomic E-state index is 0.189. The summed E-state index contributed by atoms with van der Waals surface area (Å²) in [4.78, 5) is 4.15. The molecule has 1 heterocycles. The van der Waals surface area contributed by atoms with Gasteiger partial charge in [-0.1, -0.05) is 104 Å². The van der Waals surface area contributed by atoms with Crippen LogP contribution in [0.4, 0.5) is 0 Å². The van der Waals surface area contributed by atoms with E-state index in [0.29, 0.717) is 0 Å². The van der Waals surface area contributed by atoms with Crippen LogP contribution in [0.2, 0.25) is 0 Å². The van der Waals surface area contributed by atoms with Gasteiger partial charge in [-0.3, -0.25) is 0 Å². The largest absolute Gasteiger partial charge is 0.247 e. The van der Waals surface area contributed by atoms with E-state index < -0.39 is 0 Å². The molecule has 0 saturated carbocycles. The summed E-state index contributed by atoms with van der Waals surface area (Å²) in [6, 6.07) is 0. The number of aromatic nitrogens is 3. The second kappa shape index (κ2) is 14.3. The number of rotatable bonds is 17. The van der Waals surface area contributed by atoms with Crippen molar-refractivity contribution < 1.29 is 0 Å². The lowest BCUT2D eigenvalue weighted by Crippen LogP contribution is -2.32. The fourth-order valence-corrected chi connectivity index (χ4v) is 3.97. The van der Waals surface area contributed by atoms with Gasteiger partial charge in [-0.05, 0) is 19.3 Å². The summed E-state index contributed by atoms with van der Waals surface area (Å²) in [6.07, 6.45) is 25.5. The second-order valence-corrected chi connectivity index (χ2v) is 7.76. The van der Waals surface area contributed by atoms with E-state index >= 15 is 0 Å². The summed E-state index contributed by atoms with van der Waals surface area (Å²) in [7, 11) is 0. The molecule has 0 aliphatic heterocycles. The van der Waals surface area contributed by atoms with Crippen molar-refractivity contribution in [3.63, 3.8) is 0 Å². The van der Waals surface area contributed by atoms with Crippen molar-refractivity contribution in [2.75, 3.05) is 0 Å². The van der Waals surface area contributed by atoms with Crippen LogP contribution in [0.3, 0.4) is 0 Å². The molecule has 0 bridgehead atoms. The Hall–Kier alpha value is -0.860. The lowest BCUT2D eigenvalue weighted by atomic mass is 9.87. The molecular weight excluding hydrogens is 306 g/mol. The molecule has 1 aromatic heterocycles. The zero-order chi connectivity index (χ0) is 18.2. The van der Waals surface area contributed by atoms with Crippen molar-refractivity contribution in [2.45, 2.75) is 129 Å². The maximum absolute atomic E-state index is 4.42. The molecule has 1 rings (SSSR count). The van der Waals surface area contributed by atoms with Crippen LogP contribution in [0.15, 0.2) is 12.7 Å². The summed E-state index contributed by atoms with van der Waals surface area (Å²) in [6.45, 7) is 6.86. The van der Waals surface area contributed by atoms with Gasteiger partial charge >= 0.3 is 0 Å². The van der Waals surface area contributed by atoms with E-state index in [1.807, 2.05) is 6.33 Å². The molecule has 0 spiro atoms. The van der Waals surface area contributed by atoms with E-state index in [9.17, 15) is 0 Å². The van der Waals surface area contributed by atoms with Crippen LogP contribution >= 0.6 is 0 Å². The molecule has 0 N–H and O–H groups in total. The van der Waals surface area contributed by atoms with Gasteiger partial charge in [-0.25, -0.2) is 9.67 Å². The Bertz CT molecular complexity index is 382. The maximum atomic E-state index is 4.42. The van der Waals surface area contributed by atoms with Crippen molar-refractivity contribution in [1.29, 1.82) is 0 Å². The number of hydrogen-bond donors (Lipinski definition) is 0. The quantitative estimate of drug-likeness (QED) is 0.277. The predicted molar refractivity (Wildman–Crippen MR) is 109 cm³/mol. The van der Waals surface area contributed by atoms with Crippen LogP contribution in [0.25, 0.3) is 0 Å². The van der Waals surface area contributed by atoms with Gasteiger partial charge in [0.05, 0.1) is 5.54 Å². The summed E-state index contributed by atoms with van der Waals surface area (Å²) in [5, 5.41) is 4.42. The van der Waals surface area contributed by atoms with Crippen LogP contribution < -0.4 is 0 Å². The minimum atomic E-state index is 0.189. The van der Waals surface area contributed by atoms with Gasteiger partial charge in [0.1, 0.15) is 12.7 Å². The molecule has 0 aliphatic carbocycles. The summed E-state index contributed by atoms with van der Waals surface area (Å²) in [5.41, 5.74) is 0.189. The highest BCUT2D eigenvalue weighted by Gasteiger charge is 2.28. The van der Waals surface area contributed by atoms with E-state index in [2.05, 4.69) is 35.5 Å². The van der Waals surface area contributed by atoms with Gasteiger partial charge in [-0.2, -0.15) is 5.10 Å². The molecule has 0 radical (unpaired) electrons. The Morgan fingerprint density at radius 1 is 0.680 bits per heavy atom. The SMILES string of the molecule is CCCCCCCCCCCCCCCC(CC)(CC)n1cncn1. The van der Waals surface area contributed by atoms with Gasteiger partial charge < -0.3 is 0 Å². The second-order valence-electron chi connectivity index (χ2n) is 7.76. The summed E-state index contributed by atoms with van der Waals surface area (Å²) in [5.74, 6) is 0. The number of unbranched alkanes of at least 4 members (excludes halogenated alkanes) is 12. The lowest BCUT2D eigenvalue weighted by Gasteiger charge is -2.31. The third-order valence-electron chi connectivity index (χ3n) is 5.97. The van der Waals surface area contributed by atoms with Gasteiger partial charge in [0.25, 0.3) is 0 Å². The molecule has 1 aromatic rings. The minimum Gasteiger partial charge on any atom is -0.247 e. The van der Waals surface area contributed by atoms with Crippen molar-refractivity contribution in [3.8, 4) is 0 Å². The molecule has 0 saturated heterocycles. The molecule has 146 valence electrons. The zero-order valence-corrected chi connectivity index (χ0v) is 17.3. The molecule has 0 unspecified atom stereocenters. The van der Waals surface area contributed by atoms with E-state index in [1.165, 1.54) is 89.9 Å². The first-order valence-electron chi connectivity index (χ1n) is 11.1. The van der Waals surface area contributed by atoms with E-state index in [-0.39, 0.29) is 5.54 Å². The Morgan fingerprint density at radius 3 is 1.56 bits per heavy atom. The molecular formula is C22H43N3. The lowest BCUT2D eigenvalue weighted by molar-refractivity contribution is 0.207. The third kappa shape index (κ3) is 8.87. The van der Waals surface area contributed by atoms with Crippen LogP contribution in [0.1, 0.15) is 124 Å². The average molecular weight is 350 g/mol. The van der Waals surface area contributed by atoms with Crippen LogP contribution in [-0.4, -0.2) is 14.8 Å². The number of nitrogens with zero attached hydrogens (tertiary/aromatic N) is 3. The Morgan fingerprint density at radius 2 is 1.16 bits per heavy atom. The van der Waals surface area contributed by atoms with Gasteiger partial charge in [0, 0.05) is 0 Å². The smallest absolute Gasteiger partial charge is 0.137 e. The Labute approximate surface area is 157 Å². The van der Waals surface area contributed by atoms with E-state index in [0.717, 1.165) is 12.8 Å². The molecule has 0 atom stereocenters. The topological polar surface area (TPSA) is 30.7 Å². The van der Waals surface area contributed by atoms with Gasteiger partial charge in [0.15, 0.2) is 0 Å². The van der Waals surface area contributed by atoms with Crippen molar-refractivity contribution in [1.82, 2.24) is 14.8 Å². The first-order chi connectivity index (χ1) is 12.3. The van der Waals surface area contributed by atoms with Crippen molar-refractivity contribution >= 4 is 0 Å². The highest BCUT2D eigenvalue weighted by molar-refractivity contribution is 4.83. The first kappa shape index (κ1) is 22.2. The van der Waals surface area contributed by atoms with Crippen LogP contribution in [0.5, 0.6) is 0 Å². The van der Waals surface area contributed by atoms with Crippen molar-refractivity contribution in [2.24, 2.45) is 0 Å². The van der Waals surface area contributed by atoms with Crippen LogP contribution in [-0.2, 0) is 5.54 Å². The zero-order valence-electron chi connectivity index (χ0n) is 17.3. The van der Waals surface area contributed by atoms with E-state index in [1.54, 1.807) is 6.33 Å². The number of hydrogen-bond acceptors (Lipinski definition) is 2. The fraction of sp³-hybridized carbons (Fsp3) is 0.909. The normalized spacial score (nSPS) is 12.0. The summed E-state index contributed by atoms with van der Waals surface area (Å²) >= 11 is 0. The molecule has 0 amide bonds. The Balaban J connectivity index is 1.99. The third-order valence-corrected chi connectivity index (χ3v) is 5.97. The summed E-state index contributed by atoms with van der Waals surface area (Å²) < 4.78 is 2.10. The molecule has 0 fully saturated rings. The monoisotopic (exact) mass is 349 g/mol. The molecule has 0 aliphatic rings. The molecule has 0 aromatic carbocycles. The van der Waals surface area contributed by atoms with Gasteiger partial charge in [-0.15, -0.1) is 0 Å². The van der Waals surface area contributed by atoms with E-state index in [4.69, 9.17) is 0 Å². The molecule has 25 heavy (non-hydrogen) atoms. The average Bonchev–Trinajstić information content (AvgIpc) is 3.18. The van der Waals surface area contributed by atoms with Crippen molar-refractivity contribution in [3.05, 3.63) is 12.7 Å². The standard InChI is InChI=1S/C22H43N3/c1-4-7-8-9-10-11-12-13-14-15-16-17-18-19-22(5-2,6-3)25-21-23-20-24-25/h20-21H,4-19H2,1-3H3. The fourth-order valence-electron chi connectivity index (χ4n) is 3.97. The molecule has 3 heteroatoms. The first-order valence-corrected chi connectivity index (χ1v) is 11.1. The predicted octanol–water partition coefficient (Wildman–Crippen LogP) is 7.27.